The fourth-order valence-electron chi connectivity index (χ4n) is 4.25. The number of sulfonamides is 2. The first-order chi connectivity index (χ1) is 17.1. The van der Waals surface area contributed by atoms with E-state index in [1.54, 1.807) is 30.0 Å². The molecule has 0 aliphatic carbocycles. The molecule has 2 heterocycles. The molecule has 2 aromatic carbocycles. The Labute approximate surface area is 212 Å². The van der Waals surface area contributed by atoms with E-state index in [1.807, 2.05) is 6.92 Å². The van der Waals surface area contributed by atoms with Crippen LogP contribution in [0, 0.1) is 6.92 Å². The molecule has 4 rings (SSSR count). The van der Waals surface area contributed by atoms with Gasteiger partial charge in [-0.2, -0.15) is 8.61 Å². The van der Waals surface area contributed by atoms with E-state index in [9.17, 15) is 21.6 Å². The highest BCUT2D eigenvalue weighted by Crippen LogP contribution is 2.24. The molecule has 36 heavy (non-hydrogen) atoms. The number of hydrogen-bond acceptors (Lipinski definition) is 7. The Kier molecular flexibility index (Phi) is 8.00. The zero-order valence-corrected chi connectivity index (χ0v) is 22.1. The maximum atomic E-state index is 13.3. The summed E-state index contributed by atoms with van der Waals surface area (Å²) in [5, 5.41) is 0. The topological polar surface area (TPSA) is 114 Å². The van der Waals surface area contributed by atoms with E-state index in [0.29, 0.717) is 36.7 Å². The molecule has 12 heteroatoms. The van der Waals surface area contributed by atoms with Gasteiger partial charge >= 0.3 is 0 Å². The minimum atomic E-state index is -3.75. The number of ether oxygens (including phenoxy) is 2. The summed E-state index contributed by atoms with van der Waals surface area (Å²) in [7, 11) is -7.45. The van der Waals surface area contributed by atoms with Crippen LogP contribution in [0.5, 0.6) is 5.75 Å². The molecule has 0 radical (unpaired) electrons. The number of morpholine rings is 1. The highest BCUT2D eigenvalue weighted by atomic mass is 32.2. The third-order valence-corrected chi connectivity index (χ3v) is 10.2. The monoisotopic (exact) mass is 537 g/mol. The number of hydrogen-bond donors (Lipinski definition) is 0. The number of carbonyl (C=O) groups is 1. The van der Waals surface area contributed by atoms with E-state index in [1.165, 1.54) is 32.9 Å². The second-order valence-corrected chi connectivity index (χ2v) is 12.5. The van der Waals surface area contributed by atoms with Crippen molar-refractivity contribution in [2.45, 2.75) is 23.6 Å². The number of aryl methyl sites for hydroxylation is 1. The van der Waals surface area contributed by atoms with E-state index in [-0.39, 0.29) is 55.0 Å². The number of rotatable bonds is 7. The molecular weight excluding hydrogens is 506 g/mol. The first-order valence-corrected chi connectivity index (χ1v) is 14.7. The van der Waals surface area contributed by atoms with E-state index < -0.39 is 20.0 Å². The van der Waals surface area contributed by atoms with E-state index in [4.69, 9.17) is 9.47 Å². The number of amides is 1. The Morgan fingerprint density at radius 3 is 2.00 bits per heavy atom. The summed E-state index contributed by atoms with van der Waals surface area (Å²) >= 11 is 0. The maximum absolute atomic E-state index is 13.3. The van der Waals surface area contributed by atoms with Crippen molar-refractivity contribution in [3.63, 3.8) is 0 Å². The number of nitrogens with zero attached hydrogens (tertiary/aromatic N) is 3. The molecule has 0 unspecified atom stereocenters. The van der Waals surface area contributed by atoms with Gasteiger partial charge in [-0.05, 0) is 55.8 Å². The Hall–Kier alpha value is -2.51. The summed E-state index contributed by atoms with van der Waals surface area (Å²) in [6.07, 6.45) is 0. The van der Waals surface area contributed by atoms with Gasteiger partial charge < -0.3 is 14.4 Å². The van der Waals surface area contributed by atoms with Crippen LogP contribution < -0.4 is 4.74 Å². The predicted molar refractivity (Wildman–Crippen MR) is 133 cm³/mol. The third kappa shape index (κ3) is 5.42. The van der Waals surface area contributed by atoms with Gasteiger partial charge in [0.2, 0.25) is 20.0 Å². The number of benzene rings is 2. The van der Waals surface area contributed by atoms with Crippen molar-refractivity contribution in [3.05, 3.63) is 53.6 Å². The average Bonchev–Trinajstić information content (AvgIpc) is 2.89. The summed E-state index contributed by atoms with van der Waals surface area (Å²) in [5.41, 5.74) is 0.956. The van der Waals surface area contributed by atoms with Gasteiger partial charge in [-0.1, -0.05) is 6.07 Å². The SMILES string of the molecule is CCOc1ccc(S(=O)(=O)N2CCN(C(=O)c3cc(S(=O)(=O)N4CCOCC4)ccc3C)CC2)cc1. The summed E-state index contributed by atoms with van der Waals surface area (Å²) in [6, 6.07) is 10.8. The van der Waals surface area contributed by atoms with Crippen molar-refractivity contribution < 1.29 is 31.1 Å². The molecular formula is C24H31N3O7S2. The van der Waals surface area contributed by atoms with Crippen LogP contribution in [0.25, 0.3) is 0 Å². The molecule has 2 saturated heterocycles. The Bertz CT molecular complexity index is 1300. The van der Waals surface area contributed by atoms with Crippen LogP contribution in [-0.2, 0) is 24.8 Å². The van der Waals surface area contributed by atoms with Gasteiger partial charge in [0.15, 0.2) is 0 Å². The Morgan fingerprint density at radius 1 is 0.833 bits per heavy atom. The lowest BCUT2D eigenvalue weighted by Crippen LogP contribution is -2.50. The van der Waals surface area contributed by atoms with Gasteiger partial charge in [0.05, 0.1) is 29.6 Å². The van der Waals surface area contributed by atoms with Gasteiger partial charge in [0, 0.05) is 44.8 Å². The maximum Gasteiger partial charge on any atom is 0.254 e. The van der Waals surface area contributed by atoms with Gasteiger partial charge in [0.1, 0.15) is 5.75 Å². The molecule has 0 N–H and O–H groups in total. The minimum absolute atomic E-state index is 0.0649. The van der Waals surface area contributed by atoms with Gasteiger partial charge in [-0.25, -0.2) is 16.8 Å². The smallest absolute Gasteiger partial charge is 0.254 e. The summed E-state index contributed by atoms with van der Waals surface area (Å²) in [5.74, 6) is 0.282. The molecule has 0 saturated carbocycles. The van der Waals surface area contributed by atoms with Crippen LogP contribution >= 0.6 is 0 Å². The van der Waals surface area contributed by atoms with Crippen molar-refractivity contribution >= 4 is 26.0 Å². The number of carbonyl (C=O) groups excluding carboxylic acids is 1. The fraction of sp³-hybridized carbons (Fsp3) is 0.458. The van der Waals surface area contributed by atoms with Gasteiger partial charge in [-0.3, -0.25) is 4.79 Å². The predicted octanol–water partition coefficient (Wildman–Crippen LogP) is 1.56. The summed E-state index contributed by atoms with van der Waals surface area (Å²) in [6.45, 7) is 6.00. The third-order valence-electron chi connectivity index (χ3n) is 6.35. The second-order valence-electron chi connectivity index (χ2n) is 8.59. The molecule has 2 aliphatic heterocycles. The van der Waals surface area contributed by atoms with Crippen molar-refractivity contribution in [2.24, 2.45) is 0 Å². The van der Waals surface area contributed by atoms with Crippen molar-refractivity contribution in [2.75, 3.05) is 59.1 Å². The molecule has 10 nitrogen and oxygen atoms in total. The molecule has 2 aliphatic rings. The van der Waals surface area contributed by atoms with Crippen LogP contribution in [-0.4, -0.2) is 95.3 Å². The second kappa shape index (κ2) is 10.9. The highest BCUT2D eigenvalue weighted by molar-refractivity contribution is 7.89. The standard InChI is InChI=1S/C24H31N3O7S2/c1-3-34-20-5-8-21(9-6-20)35(29,30)26-12-10-25(11-13-26)24(28)23-18-22(7-4-19(23)2)36(31,32)27-14-16-33-17-15-27/h4-9,18H,3,10-17H2,1-2H3. The lowest BCUT2D eigenvalue weighted by molar-refractivity contribution is 0.0696. The van der Waals surface area contributed by atoms with Crippen LogP contribution in [0.1, 0.15) is 22.8 Å². The van der Waals surface area contributed by atoms with Crippen LogP contribution in [0.2, 0.25) is 0 Å². The first kappa shape index (κ1) is 26.6. The van der Waals surface area contributed by atoms with Crippen LogP contribution in [0.3, 0.4) is 0 Å². The first-order valence-electron chi connectivity index (χ1n) is 11.9. The lowest BCUT2D eigenvalue weighted by atomic mass is 10.1. The van der Waals surface area contributed by atoms with Crippen molar-refractivity contribution in [3.8, 4) is 5.75 Å². The van der Waals surface area contributed by atoms with Gasteiger partial charge in [-0.15, -0.1) is 0 Å². The quantitative estimate of drug-likeness (QED) is 0.527. The molecule has 196 valence electrons. The molecule has 0 atom stereocenters. The van der Waals surface area contributed by atoms with E-state index in [2.05, 4.69) is 0 Å². The Balaban J connectivity index is 1.46. The summed E-state index contributed by atoms with van der Waals surface area (Å²) in [4.78, 5) is 15.1. The molecule has 2 aromatic rings. The lowest BCUT2D eigenvalue weighted by Gasteiger charge is -2.34. The van der Waals surface area contributed by atoms with E-state index in [0.717, 1.165) is 0 Å². The molecule has 0 spiro atoms. The zero-order valence-electron chi connectivity index (χ0n) is 20.4. The van der Waals surface area contributed by atoms with Gasteiger partial charge in [0.25, 0.3) is 5.91 Å². The molecule has 0 aromatic heterocycles. The zero-order chi connectivity index (χ0) is 25.9. The minimum Gasteiger partial charge on any atom is -0.494 e. The summed E-state index contributed by atoms with van der Waals surface area (Å²) < 4.78 is 65.6. The van der Waals surface area contributed by atoms with E-state index >= 15 is 0 Å². The Morgan fingerprint density at radius 2 is 1.39 bits per heavy atom. The largest absolute Gasteiger partial charge is 0.494 e. The molecule has 2 fully saturated rings. The highest BCUT2D eigenvalue weighted by Gasteiger charge is 2.32. The van der Waals surface area contributed by atoms with Crippen LogP contribution in [0.4, 0.5) is 0 Å². The normalized spacial score (nSPS) is 18.2. The van der Waals surface area contributed by atoms with Crippen LogP contribution in [0.15, 0.2) is 52.3 Å². The fourth-order valence-corrected chi connectivity index (χ4v) is 7.11. The molecule has 1 amide bonds. The van der Waals surface area contributed by atoms with Crippen molar-refractivity contribution in [1.29, 1.82) is 0 Å². The number of piperazine rings is 1. The average molecular weight is 538 g/mol. The van der Waals surface area contributed by atoms with Crippen molar-refractivity contribution in [1.82, 2.24) is 13.5 Å². The molecule has 0 bridgehead atoms.